The molecule has 0 aliphatic carbocycles. The molecule has 4 heteroatoms. The molecule has 0 spiro atoms. The quantitative estimate of drug-likeness (QED) is 0.610. The summed E-state index contributed by atoms with van der Waals surface area (Å²) in [5, 5.41) is 4.12. The summed E-state index contributed by atoms with van der Waals surface area (Å²) in [5.41, 5.74) is 2.03. The van der Waals surface area contributed by atoms with E-state index in [9.17, 15) is 4.79 Å². The highest BCUT2D eigenvalue weighted by molar-refractivity contribution is 14.1. The minimum atomic E-state index is 0.0950. The van der Waals surface area contributed by atoms with Crippen molar-refractivity contribution in [3.8, 4) is 0 Å². The zero-order valence-corrected chi connectivity index (χ0v) is 12.4. The molecular weight excluding hydrogens is 339 g/mol. The molecule has 0 aliphatic rings. The lowest BCUT2D eigenvalue weighted by Crippen LogP contribution is -2.10. The third kappa shape index (κ3) is 3.41. The summed E-state index contributed by atoms with van der Waals surface area (Å²) < 4.78 is 2.71. The Balaban J connectivity index is 2.04. The second kappa shape index (κ2) is 6.13. The van der Waals surface area contributed by atoms with Crippen LogP contribution in [-0.4, -0.2) is 15.6 Å². The highest BCUT2D eigenvalue weighted by atomic mass is 127. The Morgan fingerprint density at radius 2 is 2.06 bits per heavy atom. The monoisotopic (exact) mass is 354 g/mol. The number of hydrogen-bond donors (Lipinski definition) is 0. The van der Waals surface area contributed by atoms with E-state index >= 15 is 0 Å². The van der Waals surface area contributed by atoms with Crippen LogP contribution in [0.5, 0.6) is 0 Å². The predicted molar refractivity (Wildman–Crippen MR) is 79.7 cm³/mol. The molecule has 2 rings (SSSR count). The maximum atomic E-state index is 12.0. The van der Waals surface area contributed by atoms with Gasteiger partial charge in [-0.1, -0.05) is 37.6 Å². The van der Waals surface area contributed by atoms with Crippen molar-refractivity contribution in [3.05, 3.63) is 51.4 Å². The van der Waals surface area contributed by atoms with E-state index in [0.717, 1.165) is 22.0 Å². The minimum absolute atomic E-state index is 0.0950. The number of aryl methyl sites for hydroxylation is 1. The Morgan fingerprint density at radius 1 is 1.33 bits per heavy atom. The average molecular weight is 354 g/mol. The molecule has 0 atom stereocenters. The van der Waals surface area contributed by atoms with Gasteiger partial charge < -0.3 is 0 Å². The highest BCUT2D eigenvalue weighted by Crippen LogP contribution is 2.09. The van der Waals surface area contributed by atoms with Gasteiger partial charge in [-0.3, -0.25) is 9.48 Å². The number of halogens is 1. The third-order valence-corrected chi connectivity index (χ3v) is 3.28. The number of aromatic nitrogens is 2. The highest BCUT2D eigenvalue weighted by Gasteiger charge is 2.07. The lowest BCUT2D eigenvalue weighted by Gasteiger charge is -2.03. The molecule has 0 fully saturated rings. The Bertz CT molecular complexity index is 531. The topological polar surface area (TPSA) is 34.9 Å². The van der Waals surface area contributed by atoms with Crippen LogP contribution in [0, 0.1) is 3.57 Å². The fourth-order valence-electron chi connectivity index (χ4n) is 1.81. The second-order valence-corrected chi connectivity index (χ2v) is 5.47. The molecule has 0 unspecified atom stereocenters. The van der Waals surface area contributed by atoms with Crippen molar-refractivity contribution in [1.29, 1.82) is 0 Å². The molecule has 3 nitrogen and oxygen atoms in total. The lowest BCUT2D eigenvalue weighted by molar-refractivity contribution is 0.0967. The first kappa shape index (κ1) is 13.3. The first-order valence-electron chi connectivity index (χ1n) is 5.99. The second-order valence-electron chi connectivity index (χ2n) is 4.23. The first-order chi connectivity index (χ1) is 8.69. The van der Waals surface area contributed by atoms with Crippen molar-refractivity contribution in [3.63, 3.8) is 0 Å². The Kier molecular flexibility index (Phi) is 4.52. The van der Waals surface area contributed by atoms with Crippen LogP contribution in [0.1, 0.15) is 29.3 Å². The predicted octanol–water partition coefficient (Wildman–Crippen LogP) is 3.32. The van der Waals surface area contributed by atoms with E-state index < -0.39 is 0 Å². The SMILES string of the molecule is CCCc1ccc(C(=O)Cn2cc(I)cn2)cc1. The number of rotatable bonds is 5. The van der Waals surface area contributed by atoms with Crippen molar-refractivity contribution >= 4 is 28.4 Å². The van der Waals surface area contributed by atoms with E-state index in [-0.39, 0.29) is 5.78 Å². The van der Waals surface area contributed by atoms with Gasteiger partial charge >= 0.3 is 0 Å². The maximum Gasteiger partial charge on any atom is 0.184 e. The van der Waals surface area contributed by atoms with Crippen molar-refractivity contribution in [2.24, 2.45) is 0 Å². The molecule has 1 aromatic carbocycles. The molecule has 2 aromatic rings. The fourth-order valence-corrected chi connectivity index (χ4v) is 2.26. The molecule has 0 saturated heterocycles. The van der Waals surface area contributed by atoms with Crippen LogP contribution in [0.15, 0.2) is 36.7 Å². The van der Waals surface area contributed by atoms with Gasteiger partial charge in [0.15, 0.2) is 5.78 Å². The molecule has 0 radical (unpaired) electrons. The van der Waals surface area contributed by atoms with Crippen LogP contribution < -0.4 is 0 Å². The van der Waals surface area contributed by atoms with E-state index in [1.54, 1.807) is 10.9 Å². The molecule has 0 amide bonds. The number of carbonyl (C=O) groups is 1. The number of nitrogens with zero attached hydrogens (tertiary/aromatic N) is 2. The molecular formula is C14H15IN2O. The van der Waals surface area contributed by atoms with Crippen molar-refractivity contribution in [2.45, 2.75) is 26.3 Å². The summed E-state index contributed by atoms with van der Waals surface area (Å²) in [6.07, 6.45) is 5.80. The molecule has 0 saturated carbocycles. The van der Waals surface area contributed by atoms with Gasteiger partial charge in [0.05, 0.1) is 9.77 Å². The fraction of sp³-hybridized carbons (Fsp3) is 0.286. The van der Waals surface area contributed by atoms with E-state index in [2.05, 4.69) is 34.6 Å². The van der Waals surface area contributed by atoms with E-state index in [1.165, 1.54) is 5.56 Å². The van der Waals surface area contributed by atoms with Gasteiger partial charge in [0.25, 0.3) is 0 Å². The molecule has 18 heavy (non-hydrogen) atoms. The molecule has 0 aliphatic heterocycles. The maximum absolute atomic E-state index is 12.0. The van der Waals surface area contributed by atoms with Crippen molar-refractivity contribution in [1.82, 2.24) is 9.78 Å². The zero-order chi connectivity index (χ0) is 13.0. The van der Waals surface area contributed by atoms with Crippen molar-refractivity contribution < 1.29 is 4.79 Å². The lowest BCUT2D eigenvalue weighted by atomic mass is 10.1. The summed E-state index contributed by atoms with van der Waals surface area (Å²) in [6, 6.07) is 7.87. The number of carbonyl (C=O) groups excluding carboxylic acids is 1. The Morgan fingerprint density at radius 3 is 2.61 bits per heavy atom. The van der Waals surface area contributed by atoms with Crippen LogP contribution in [0.3, 0.4) is 0 Å². The number of benzene rings is 1. The standard InChI is InChI=1S/C14H15IN2O/c1-2-3-11-4-6-12(7-5-11)14(18)10-17-9-13(15)8-16-17/h4-9H,2-3,10H2,1H3. The third-order valence-electron chi connectivity index (χ3n) is 2.72. The molecule has 1 aromatic heterocycles. The van der Waals surface area contributed by atoms with Gasteiger partial charge in [0.2, 0.25) is 0 Å². The van der Waals surface area contributed by atoms with Gasteiger partial charge in [-0.25, -0.2) is 0 Å². The normalized spacial score (nSPS) is 10.6. The largest absolute Gasteiger partial charge is 0.292 e. The van der Waals surface area contributed by atoms with Gasteiger partial charge in [-0.05, 0) is 34.6 Å². The van der Waals surface area contributed by atoms with E-state index in [4.69, 9.17) is 0 Å². The van der Waals surface area contributed by atoms with Crippen LogP contribution >= 0.6 is 22.6 Å². The van der Waals surface area contributed by atoms with Crippen LogP contribution in [0.25, 0.3) is 0 Å². The summed E-state index contributed by atoms with van der Waals surface area (Å²) in [5.74, 6) is 0.0950. The van der Waals surface area contributed by atoms with Gasteiger partial charge in [-0.2, -0.15) is 5.10 Å². The summed E-state index contributed by atoms with van der Waals surface area (Å²) >= 11 is 2.18. The zero-order valence-electron chi connectivity index (χ0n) is 10.3. The number of ketones is 1. The van der Waals surface area contributed by atoms with Crippen LogP contribution in [0.4, 0.5) is 0 Å². The summed E-state index contributed by atoms with van der Waals surface area (Å²) in [6.45, 7) is 2.45. The van der Waals surface area contributed by atoms with Crippen LogP contribution in [-0.2, 0) is 13.0 Å². The van der Waals surface area contributed by atoms with Gasteiger partial charge in [-0.15, -0.1) is 0 Å². The number of hydrogen-bond acceptors (Lipinski definition) is 2. The smallest absolute Gasteiger partial charge is 0.184 e. The molecule has 94 valence electrons. The molecule has 1 heterocycles. The Labute approximate surface area is 120 Å². The minimum Gasteiger partial charge on any atom is -0.292 e. The van der Waals surface area contributed by atoms with E-state index in [0.29, 0.717) is 6.54 Å². The van der Waals surface area contributed by atoms with Gasteiger partial charge in [0, 0.05) is 11.8 Å². The average Bonchev–Trinajstić information content (AvgIpc) is 2.76. The molecule has 0 N–H and O–H groups in total. The van der Waals surface area contributed by atoms with Gasteiger partial charge in [0.1, 0.15) is 6.54 Å². The van der Waals surface area contributed by atoms with Crippen LogP contribution in [0.2, 0.25) is 0 Å². The number of Topliss-reactive ketones (excluding diaryl/α,β-unsaturated/α-hetero) is 1. The first-order valence-corrected chi connectivity index (χ1v) is 7.07. The molecule has 0 bridgehead atoms. The van der Waals surface area contributed by atoms with E-state index in [1.807, 2.05) is 30.5 Å². The Hall–Kier alpha value is -1.17. The summed E-state index contributed by atoms with van der Waals surface area (Å²) in [7, 11) is 0. The van der Waals surface area contributed by atoms with Crippen molar-refractivity contribution in [2.75, 3.05) is 0 Å². The summed E-state index contributed by atoms with van der Waals surface area (Å²) in [4.78, 5) is 12.0.